The van der Waals surface area contributed by atoms with Crippen molar-refractivity contribution >= 4 is 22.4 Å². The highest BCUT2D eigenvalue weighted by molar-refractivity contribution is 6.05. The summed E-state index contributed by atoms with van der Waals surface area (Å²) in [5.74, 6) is 0.722. The van der Waals surface area contributed by atoms with Gasteiger partial charge in [0.25, 0.3) is 0 Å². The molecule has 2 atom stereocenters. The first kappa shape index (κ1) is 14.5. The summed E-state index contributed by atoms with van der Waals surface area (Å²) in [7, 11) is 0. The molecule has 0 heterocycles. The number of anilines is 1. The van der Waals surface area contributed by atoms with E-state index < -0.39 is 0 Å². The Morgan fingerprint density at radius 3 is 2.65 bits per heavy atom. The van der Waals surface area contributed by atoms with Crippen molar-refractivity contribution in [2.24, 2.45) is 16.7 Å². The van der Waals surface area contributed by atoms with Crippen LogP contribution in [0.5, 0.6) is 0 Å². The van der Waals surface area contributed by atoms with Crippen LogP contribution in [0.2, 0.25) is 0 Å². The van der Waals surface area contributed by atoms with E-state index in [1.54, 1.807) is 0 Å². The molecule has 2 saturated carbocycles. The fraction of sp³-hybridized carbons (Fsp3) is 0.381. The van der Waals surface area contributed by atoms with Crippen LogP contribution in [0.3, 0.4) is 0 Å². The van der Waals surface area contributed by atoms with Gasteiger partial charge in [-0.15, -0.1) is 0 Å². The monoisotopic (exact) mass is 305 g/mol. The lowest BCUT2D eigenvalue weighted by atomic mass is 9.68. The van der Waals surface area contributed by atoms with Crippen LogP contribution < -0.4 is 5.32 Å². The van der Waals surface area contributed by atoms with Crippen molar-refractivity contribution in [2.75, 3.05) is 5.32 Å². The van der Waals surface area contributed by atoms with E-state index in [2.05, 4.69) is 43.9 Å². The highest BCUT2D eigenvalue weighted by atomic mass is 16.2. The minimum atomic E-state index is -0.370. The molecule has 2 nitrogen and oxygen atoms in total. The van der Waals surface area contributed by atoms with Crippen LogP contribution in [-0.4, -0.2) is 5.91 Å². The van der Waals surface area contributed by atoms with E-state index in [9.17, 15) is 4.79 Å². The van der Waals surface area contributed by atoms with Crippen molar-refractivity contribution < 1.29 is 4.79 Å². The van der Waals surface area contributed by atoms with Crippen LogP contribution >= 0.6 is 0 Å². The highest BCUT2D eigenvalue weighted by Gasteiger charge is 2.60. The van der Waals surface area contributed by atoms with Gasteiger partial charge in [0, 0.05) is 11.1 Å². The molecular formula is C21H23NO. The van der Waals surface area contributed by atoms with Gasteiger partial charge in [0.2, 0.25) is 5.91 Å². The molecular weight excluding hydrogens is 282 g/mol. The second kappa shape index (κ2) is 4.70. The molecule has 118 valence electrons. The van der Waals surface area contributed by atoms with Gasteiger partial charge in [0.1, 0.15) is 0 Å². The molecule has 1 N–H and O–H groups in total. The zero-order chi connectivity index (χ0) is 16.2. The van der Waals surface area contributed by atoms with Crippen LogP contribution in [0.4, 0.5) is 5.69 Å². The van der Waals surface area contributed by atoms with Crippen LogP contribution in [0.1, 0.15) is 33.1 Å². The number of nitrogens with one attached hydrogen (secondary N) is 1. The summed E-state index contributed by atoms with van der Waals surface area (Å²) in [6.07, 6.45) is 3.03. The van der Waals surface area contributed by atoms with Gasteiger partial charge in [-0.1, -0.05) is 62.4 Å². The smallest absolute Gasteiger partial charge is 0.234 e. The van der Waals surface area contributed by atoms with E-state index in [1.807, 2.05) is 24.3 Å². The summed E-state index contributed by atoms with van der Waals surface area (Å²) in [5, 5.41) is 5.46. The van der Waals surface area contributed by atoms with Gasteiger partial charge in [-0.3, -0.25) is 4.79 Å². The number of carbonyl (C=O) groups excluding carboxylic acids is 1. The van der Waals surface area contributed by atoms with Crippen molar-refractivity contribution in [2.45, 2.75) is 33.1 Å². The number of hydrogen-bond acceptors (Lipinski definition) is 1. The number of carbonyl (C=O) groups is 1. The number of rotatable bonds is 2. The topological polar surface area (TPSA) is 29.1 Å². The zero-order valence-electron chi connectivity index (χ0n) is 13.9. The van der Waals surface area contributed by atoms with Crippen LogP contribution in [0.15, 0.2) is 54.6 Å². The molecule has 0 aliphatic heterocycles. The lowest BCUT2D eigenvalue weighted by Gasteiger charge is -2.37. The molecule has 2 unspecified atom stereocenters. The van der Waals surface area contributed by atoms with Crippen molar-refractivity contribution in [3.8, 4) is 0 Å². The maximum Gasteiger partial charge on any atom is 0.234 e. The van der Waals surface area contributed by atoms with Gasteiger partial charge in [0.05, 0.1) is 5.41 Å². The summed E-state index contributed by atoms with van der Waals surface area (Å²) in [6, 6.07) is 14.2. The third kappa shape index (κ3) is 1.90. The first-order chi connectivity index (χ1) is 10.9. The predicted octanol–water partition coefficient (Wildman–Crippen LogP) is 5.16. The van der Waals surface area contributed by atoms with Crippen molar-refractivity contribution in [1.29, 1.82) is 0 Å². The minimum Gasteiger partial charge on any atom is -0.325 e. The van der Waals surface area contributed by atoms with Crippen molar-refractivity contribution in [3.63, 3.8) is 0 Å². The van der Waals surface area contributed by atoms with Crippen LogP contribution in [-0.2, 0) is 4.79 Å². The fourth-order valence-corrected chi connectivity index (χ4v) is 4.72. The molecule has 2 aliphatic rings. The largest absolute Gasteiger partial charge is 0.325 e. The Kier molecular flexibility index (Phi) is 2.96. The van der Waals surface area contributed by atoms with E-state index in [0.717, 1.165) is 41.3 Å². The van der Waals surface area contributed by atoms with Gasteiger partial charge in [0.15, 0.2) is 0 Å². The number of fused-ring (bicyclic) bond motifs is 3. The summed E-state index contributed by atoms with van der Waals surface area (Å²) >= 11 is 0. The minimum absolute atomic E-state index is 0.0777. The first-order valence-corrected chi connectivity index (χ1v) is 8.44. The van der Waals surface area contributed by atoms with Gasteiger partial charge >= 0.3 is 0 Å². The molecule has 1 amide bonds. The standard InChI is InChI=1S/C21H23NO/c1-14-20(2,3)16-11-12-21(14,13-16)19(23)22-18-10-6-8-15-7-4-5-9-17(15)18/h4-10,16H,1,11-13H2,2-3H3,(H,22,23). The summed E-state index contributed by atoms with van der Waals surface area (Å²) < 4.78 is 0. The summed E-state index contributed by atoms with van der Waals surface area (Å²) in [5.41, 5.74) is 1.74. The van der Waals surface area contributed by atoms with Crippen molar-refractivity contribution in [1.82, 2.24) is 0 Å². The van der Waals surface area contributed by atoms with E-state index in [0.29, 0.717) is 5.92 Å². The van der Waals surface area contributed by atoms with Crippen LogP contribution in [0, 0.1) is 16.7 Å². The molecule has 2 bridgehead atoms. The molecule has 0 aromatic heterocycles. The molecule has 23 heavy (non-hydrogen) atoms. The fourth-order valence-electron chi connectivity index (χ4n) is 4.72. The normalized spacial score (nSPS) is 28.3. The Morgan fingerprint density at radius 2 is 1.91 bits per heavy atom. The lowest BCUT2D eigenvalue weighted by Crippen LogP contribution is -2.37. The first-order valence-electron chi connectivity index (χ1n) is 8.44. The average Bonchev–Trinajstić information content (AvgIpc) is 3.08. The average molecular weight is 305 g/mol. The van der Waals surface area contributed by atoms with Gasteiger partial charge in [-0.25, -0.2) is 0 Å². The summed E-state index contributed by atoms with van der Waals surface area (Å²) in [6.45, 7) is 8.81. The highest BCUT2D eigenvalue weighted by Crippen LogP contribution is 2.65. The number of hydrogen-bond donors (Lipinski definition) is 1. The van der Waals surface area contributed by atoms with Crippen molar-refractivity contribution in [3.05, 3.63) is 54.6 Å². The van der Waals surface area contributed by atoms with E-state index in [4.69, 9.17) is 0 Å². The van der Waals surface area contributed by atoms with E-state index in [-0.39, 0.29) is 16.7 Å². The molecule has 0 spiro atoms. The van der Waals surface area contributed by atoms with Crippen LogP contribution in [0.25, 0.3) is 10.8 Å². The maximum absolute atomic E-state index is 13.2. The molecule has 2 heteroatoms. The molecule has 0 radical (unpaired) electrons. The van der Waals surface area contributed by atoms with Gasteiger partial charge < -0.3 is 5.32 Å². The number of benzene rings is 2. The molecule has 2 aliphatic carbocycles. The third-order valence-electron chi connectivity index (χ3n) is 6.36. The Balaban J connectivity index is 1.70. The second-order valence-electron chi connectivity index (χ2n) is 7.70. The maximum atomic E-state index is 13.2. The Morgan fingerprint density at radius 1 is 1.17 bits per heavy atom. The van der Waals surface area contributed by atoms with Gasteiger partial charge in [-0.05, 0) is 42.0 Å². The zero-order valence-corrected chi connectivity index (χ0v) is 13.9. The molecule has 2 aromatic carbocycles. The van der Waals surface area contributed by atoms with E-state index in [1.165, 1.54) is 0 Å². The third-order valence-corrected chi connectivity index (χ3v) is 6.36. The Hall–Kier alpha value is -2.09. The molecule has 2 aromatic rings. The van der Waals surface area contributed by atoms with Gasteiger partial charge in [-0.2, -0.15) is 0 Å². The molecule has 0 saturated heterocycles. The number of amides is 1. The molecule has 4 rings (SSSR count). The Bertz CT molecular complexity index is 814. The molecule has 2 fully saturated rings. The lowest BCUT2D eigenvalue weighted by molar-refractivity contribution is -0.123. The second-order valence-corrected chi connectivity index (χ2v) is 7.70. The van der Waals surface area contributed by atoms with E-state index >= 15 is 0 Å². The quantitative estimate of drug-likeness (QED) is 0.763. The Labute approximate surface area is 137 Å². The SMILES string of the molecule is C=C1C2(C(=O)Nc3cccc4ccccc34)CCC(C2)C1(C)C. The summed E-state index contributed by atoms with van der Waals surface area (Å²) in [4.78, 5) is 13.2. The predicted molar refractivity (Wildman–Crippen MR) is 95.3 cm³/mol.